The van der Waals surface area contributed by atoms with Crippen molar-refractivity contribution in [1.29, 1.82) is 0 Å². The fourth-order valence-corrected chi connectivity index (χ4v) is 1.51. The van der Waals surface area contributed by atoms with Gasteiger partial charge in [0.1, 0.15) is 0 Å². The quantitative estimate of drug-likeness (QED) is 0.842. The van der Waals surface area contributed by atoms with Crippen LogP contribution in [0, 0.1) is 11.6 Å². The van der Waals surface area contributed by atoms with Crippen LogP contribution in [-0.4, -0.2) is 23.2 Å². The molecule has 0 spiro atoms. The Morgan fingerprint density at radius 3 is 2.35 bits per heavy atom. The van der Waals surface area contributed by atoms with Gasteiger partial charge in [-0.05, 0) is 38.0 Å². The molecular formula is C14H19F2NO3. The predicted molar refractivity (Wildman–Crippen MR) is 70.3 cm³/mol. The number of amides is 1. The number of hydrogen-bond acceptors (Lipinski definition) is 3. The summed E-state index contributed by atoms with van der Waals surface area (Å²) in [4.78, 5) is 11.7. The molecule has 20 heavy (non-hydrogen) atoms. The standard InChI is InChI=1S/C14H19F2NO3/c1-4-8(2)17-14(19)9(3)20-13-11(15)5-10(7-18)6-12(13)16/h5-6,8-9,18H,4,7H2,1-3H3,(H,17,19). The molecule has 0 heterocycles. The van der Waals surface area contributed by atoms with Crippen molar-refractivity contribution in [3.8, 4) is 5.75 Å². The van der Waals surface area contributed by atoms with Crippen molar-refractivity contribution in [3.05, 3.63) is 29.3 Å². The summed E-state index contributed by atoms with van der Waals surface area (Å²) in [5.74, 6) is -2.95. The molecule has 0 saturated heterocycles. The first-order chi connectivity index (χ1) is 9.38. The van der Waals surface area contributed by atoms with Crippen molar-refractivity contribution >= 4 is 5.91 Å². The van der Waals surface area contributed by atoms with E-state index in [1.165, 1.54) is 6.92 Å². The molecule has 0 aliphatic carbocycles. The van der Waals surface area contributed by atoms with Crippen molar-refractivity contribution < 1.29 is 23.4 Å². The molecule has 2 N–H and O–H groups in total. The van der Waals surface area contributed by atoms with Gasteiger partial charge in [-0.3, -0.25) is 4.79 Å². The summed E-state index contributed by atoms with van der Waals surface area (Å²) in [5, 5.41) is 11.5. The van der Waals surface area contributed by atoms with E-state index in [1.54, 1.807) is 0 Å². The van der Waals surface area contributed by atoms with Crippen LogP contribution < -0.4 is 10.1 Å². The molecule has 0 aliphatic heterocycles. The highest BCUT2D eigenvalue weighted by Crippen LogP contribution is 2.24. The van der Waals surface area contributed by atoms with Crippen LogP contribution in [0.15, 0.2) is 12.1 Å². The molecule has 6 heteroatoms. The molecule has 0 radical (unpaired) electrons. The minimum Gasteiger partial charge on any atom is -0.475 e. The molecule has 2 atom stereocenters. The lowest BCUT2D eigenvalue weighted by Crippen LogP contribution is -2.41. The van der Waals surface area contributed by atoms with Gasteiger partial charge in [0.2, 0.25) is 0 Å². The van der Waals surface area contributed by atoms with Crippen LogP contribution >= 0.6 is 0 Å². The van der Waals surface area contributed by atoms with E-state index in [4.69, 9.17) is 9.84 Å². The van der Waals surface area contributed by atoms with Gasteiger partial charge in [0.05, 0.1) is 6.61 Å². The fourth-order valence-electron chi connectivity index (χ4n) is 1.51. The first-order valence-electron chi connectivity index (χ1n) is 6.44. The second-order valence-corrected chi connectivity index (χ2v) is 4.62. The lowest BCUT2D eigenvalue weighted by molar-refractivity contribution is -0.128. The van der Waals surface area contributed by atoms with Crippen LogP contribution in [0.25, 0.3) is 0 Å². The third-order valence-corrected chi connectivity index (χ3v) is 2.91. The summed E-state index contributed by atoms with van der Waals surface area (Å²) in [6, 6.07) is 1.90. The van der Waals surface area contributed by atoms with Crippen LogP contribution in [0.4, 0.5) is 8.78 Å². The normalized spacial score (nSPS) is 13.7. The maximum Gasteiger partial charge on any atom is 0.260 e. The maximum atomic E-state index is 13.6. The summed E-state index contributed by atoms with van der Waals surface area (Å²) in [5.41, 5.74) is 0.101. The van der Waals surface area contributed by atoms with E-state index >= 15 is 0 Å². The topological polar surface area (TPSA) is 58.6 Å². The second kappa shape index (κ2) is 7.19. The van der Waals surface area contributed by atoms with Gasteiger partial charge in [-0.2, -0.15) is 0 Å². The van der Waals surface area contributed by atoms with E-state index in [0.29, 0.717) is 0 Å². The summed E-state index contributed by atoms with van der Waals surface area (Å²) in [6.45, 7) is 4.67. The van der Waals surface area contributed by atoms with Crippen LogP contribution in [-0.2, 0) is 11.4 Å². The van der Waals surface area contributed by atoms with Gasteiger partial charge in [-0.15, -0.1) is 0 Å². The van der Waals surface area contributed by atoms with E-state index < -0.39 is 36.0 Å². The molecule has 0 aromatic heterocycles. The van der Waals surface area contributed by atoms with Gasteiger partial charge in [-0.1, -0.05) is 6.92 Å². The Morgan fingerprint density at radius 2 is 1.90 bits per heavy atom. The third kappa shape index (κ3) is 4.16. The van der Waals surface area contributed by atoms with Crippen LogP contribution in [0.3, 0.4) is 0 Å². The SMILES string of the molecule is CCC(C)NC(=O)C(C)Oc1c(F)cc(CO)cc1F. The lowest BCUT2D eigenvalue weighted by Gasteiger charge is -2.18. The zero-order valence-corrected chi connectivity index (χ0v) is 11.7. The second-order valence-electron chi connectivity index (χ2n) is 4.62. The Balaban J connectivity index is 2.80. The number of carbonyl (C=O) groups excluding carboxylic acids is 1. The Hall–Kier alpha value is -1.69. The molecule has 1 amide bonds. The molecule has 0 saturated carbocycles. The average molecular weight is 287 g/mol. The Morgan fingerprint density at radius 1 is 1.35 bits per heavy atom. The Kier molecular flexibility index (Phi) is 5.88. The van der Waals surface area contributed by atoms with Gasteiger partial charge < -0.3 is 15.2 Å². The largest absolute Gasteiger partial charge is 0.475 e. The maximum absolute atomic E-state index is 13.6. The summed E-state index contributed by atoms with van der Waals surface area (Å²) >= 11 is 0. The number of carbonyl (C=O) groups is 1. The van der Waals surface area contributed by atoms with Gasteiger partial charge >= 0.3 is 0 Å². The smallest absolute Gasteiger partial charge is 0.260 e. The molecule has 0 bridgehead atoms. The number of ether oxygens (including phenoxy) is 1. The number of rotatable bonds is 6. The minimum atomic E-state index is -1.02. The average Bonchev–Trinajstić information content (AvgIpc) is 2.41. The van der Waals surface area contributed by atoms with Crippen molar-refractivity contribution in [3.63, 3.8) is 0 Å². The van der Waals surface area contributed by atoms with Crippen LogP contribution in [0.5, 0.6) is 5.75 Å². The van der Waals surface area contributed by atoms with Crippen molar-refractivity contribution in [2.45, 2.75) is 45.9 Å². The highest BCUT2D eigenvalue weighted by Gasteiger charge is 2.21. The molecular weight excluding hydrogens is 268 g/mol. The zero-order chi connectivity index (χ0) is 15.3. The molecule has 1 aromatic carbocycles. The number of benzene rings is 1. The zero-order valence-electron chi connectivity index (χ0n) is 11.7. The number of aliphatic hydroxyl groups is 1. The van der Waals surface area contributed by atoms with E-state index in [-0.39, 0.29) is 11.6 Å². The minimum absolute atomic E-state index is 0.0417. The van der Waals surface area contributed by atoms with Crippen LogP contribution in [0.2, 0.25) is 0 Å². The molecule has 2 unspecified atom stereocenters. The first kappa shape index (κ1) is 16.4. The molecule has 0 fully saturated rings. The fraction of sp³-hybridized carbons (Fsp3) is 0.500. The molecule has 1 aromatic rings. The monoisotopic (exact) mass is 287 g/mol. The van der Waals surface area contributed by atoms with Crippen LogP contribution in [0.1, 0.15) is 32.8 Å². The lowest BCUT2D eigenvalue weighted by atomic mass is 10.2. The van der Waals surface area contributed by atoms with Crippen molar-refractivity contribution in [2.24, 2.45) is 0 Å². The van der Waals surface area contributed by atoms with E-state index in [1.807, 2.05) is 13.8 Å². The summed E-state index contributed by atoms with van der Waals surface area (Å²) in [6.07, 6.45) is -0.278. The van der Waals surface area contributed by atoms with Crippen molar-refractivity contribution in [2.75, 3.05) is 0 Å². The summed E-state index contributed by atoms with van der Waals surface area (Å²) in [7, 11) is 0. The third-order valence-electron chi connectivity index (χ3n) is 2.91. The first-order valence-corrected chi connectivity index (χ1v) is 6.44. The highest BCUT2D eigenvalue weighted by atomic mass is 19.1. The summed E-state index contributed by atoms with van der Waals surface area (Å²) < 4.78 is 32.3. The molecule has 0 aliphatic rings. The molecule has 4 nitrogen and oxygen atoms in total. The predicted octanol–water partition coefficient (Wildman–Crippen LogP) is 2.14. The molecule has 1 rings (SSSR count). The molecule has 112 valence electrons. The van der Waals surface area contributed by atoms with Gasteiger partial charge in [0.15, 0.2) is 23.5 Å². The van der Waals surface area contributed by atoms with E-state index in [9.17, 15) is 13.6 Å². The number of aliphatic hydroxyl groups excluding tert-OH is 1. The number of nitrogens with one attached hydrogen (secondary N) is 1. The highest BCUT2D eigenvalue weighted by molar-refractivity contribution is 5.80. The number of hydrogen-bond donors (Lipinski definition) is 2. The van der Waals surface area contributed by atoms with Gasteiger partial charge in [0.25, 0.3) is 5.91 Å². The Labute approximate surface area is 116 Å². The van der Waals surface area contributed by atoms with Crippen molar-refractivity contribution in [1.82, 2.24) is 5.32 Å². The van der Waals surface area contributed by atoms with Gasteiger partial charge in [0, 0.05) is 6.04 Å². The van der Waals surface area contributed by atoms with E-state index in [0.717, 1.165) is 18.6 Å². The Bertz CT molecular complexity index is 456. The number of halogens is 2. The van der Waals surface area contributed by atoms with E-state index in [2.05, 4.69) is 5.32 Å². The van der Waals surface area contributed by atoms with Gasteiger partial charge in [-0.25, -0.2) is 8.78 Å².